The van der Waals surface area contributed by atoms with Gasteiger partial charge >= 0.3 is 5.97 Å². The number of rotatable bonds is 7. The lowest BCUT2D eigenvalue weighted by atomic mass is 9.98. The van der Waals surface area contributed by atoms with Crippen molar-refractivity contribution in [2.45, 2.75) is 51.9 Å². The Labute approximate surface area is 110 Å². The second-order valence-corrected chi connectivity index (χ2v) is 5.04. The summed E-state index contributed by atoms with van der Waals surface area (Å²) >= 11 is 0. The van der Waals surface area contributed by atoms with Gasteiger partial charge in [0.15, 0.2) is 0 Å². The second kappa shape index (κ2) is 7.91. The van der Waals surface area contributed by atoms with E-state index >= 15 is 0 Å². The molecule has 0 aromatic heterocycles. The van der Waals surface area contributed by atoms with Gasteiger partial charge in [-0.25, -0.2) is 0 Å². The topological polar surface area (TPSA) is 26.3 Å². The van der Waals surface area contributed by atoms with Crippen LogP contribution in [0.3, 0.4) is 0 Å². The molecule has 0 N–H and O–H groups in total. The number of ether oxygens (including phenoxy) is 1. The summed E-state index contributed by atoms with van der Waals surface area (Å²) in [7, 11) is 1.44. The summed E-state index contributed by atoms with van der Waals surface area (Å²) in [5, 5.41) is 0. The molecule has 0 aliphatic carbocycles. The molecule has 0 heterocycles. The van der Waals surface area contributed by atoms with Crippen LogP contribution in [-0.4, -0.2) is 13.1 Å². The van der Waals surface area contributed by atoms with Crippen molar-refractivity contribution in [3.63, 3.8) is 0 Å². The van der Waals surface area contributed by atoms with Crippen molar-refractivity contribution in [2.75, 3.05) is 7.11 Å². The van der Waals surface area contributed by atoms with Crippen molar-refractivity contribution in [3.05, 3.63) is 35.4 Å². The molecule has 0 radical (unpaired) electrons. The predicted octanol–water partition coefficient (Wildman–Crippen LogP) is 4.09. The molecule has 1 rings (SSSR count). The van der Waals surface area contributed by atoms with Gasteiger partial charge in [0.2, 0.25) is 0 Å². The van der Waals surface area contributed by atoms with E-state index in [1.165, 1.54) is 18.2 Å². The molecule has 0 saturated carbocycles. The van der Waals surface area contributed by atoms with Crippen LogP contribution in [0.15, 0.2) is 24.3 Å². The van der Waals surface area contributed by atoms with E-state index in [0.29, 0.717) is 12.3 Å². The number of benzene rings is 1. The fourth-order valence-electron chi connectivity index (χ4n) is 1.99. The van der Waals surface area contributed by atoms with Gasteiger partial charge < -0.3 is 4.74 Å². The van der Waals surface area contributed by atoms with E-state index in [1.54, 1.807) is 0 Å². The summed E-state index contributed by atoms with van der Waals surface area (Å²) in [4.78, 5) is 10.9. The molecule has 2 nitrogen and oxygen atoms in total. The van der Waals surface area contributed by atoms with Gasteiger partial charge in [0.1, 0.15) is 0 Å². The van der Waals surface area contributed by atoms with Crippen molar-refractivity contribution in [2.24, 2.45) is 0 Å². The smallest absolute Gasteiger partial charge is 0.305 e. The van der Waals surface area contributed by atoms with Crippen molar-refractivity contribution in [3.8, 4) is 0 Å². The average molecular weight is 248 g/mol. The summed E-state index contributed by atoms with van der Waals surface area (Å²) in [6, 6.07) is 8.81. The van der Waals surface area contributed by atoms with Gasteiger partial charge in [0.25, 0.3) is 0 Å². The SMILES string of the molecule is COC(=O)CCCCCc1cccc(C(C)C)c1. The minimum Gasteiger partial charge on any atom is -0.469 e. The molecule has 18 heavy (non-hydrogen) atoms. The van der Waals surface area contributed by atoms with Crippen LogP contribution in [0, 0.1) is 0 Å². The van der Waals surface area contributed by atoms with Crippen molar-refractivity contribution >= 4 is 5.97 Å². The molecule has 0 saturated heterocycles. The molecule has 0 unspecified atom stereocenters. The maximum atomic E-state index is 10.9. The second-order valence-electron chi connectivity index (χ2n) is 5.04. The lowest BCUT2D eigenvalue weighted by Crippen LogP contribution is -1.99. The molecular formula is C16H24O2. The highest BCUT2D eigenvalue weighted by molar-refractivity contribution is 5.68. The minimum atomic E-state index is -0.100. The lowest BCUT2D eigenvalue weighted by Gasteiger charge is -2.08. The number of methoxy groups -OCH3 is 1. The van der Waals surface area contributed by atoms with Crippen molar-refractivity contribution in [1.29, 1.82) is 0 Å². The number of aryl methyl sites for hydroxylation is 1. The summed E-state index contributed by atoms with van der Waals surface area (Å²) in [6.45, 7) is 4.44. The molecule has 100 valence electrons. The molecule has 2 heteroatoms. The highest BCUT2D eigenvalue weighted by Gasteiger charge is 2.02. The zero-order valence-corrected chi connectivity index (χ0v) is 11.7. The Kier molecular flexibility index (Phi) is 6.48. The number of carbonyl (C=O) groups excluding carboxylic acids is 1. The third kappa shape index (κ3) is 5.35. The number of hydrogen-bond donors (Lipinski definition) is 0. The monoisotopic (exact) mass is 248 g/mol. The third-order valence-corrected chi connectivity index (χ3v) is 3.19. The van der Waals surface area contributed by atoms with E-state index in [-0.39, 0.29) is 5.97 Å². The quantitative estimate of drug-likeness (QED) is 0.536. The predicted molar refractivity (Wildman–Crippen MR) is 74.7 cm³/mol. The first-order chi connectivity index (χ1) is 8.63. The van der Waals surface area contributed by atoms with E-state index < -0.39 is 0 Å². The fourth-order valence-corrected chi connectivity index (χ4v) is 1.99. The largest absolute Gasteiger partial charge is 0.469 e. The molecule has 0 atom stereocenters. The molecule has 0 aliphatic rings. The highest BCUT2D eigenvalue weighted by Crippen LogP contribution is 2.17. The normalized spacial score (nSPS) is 10.7. The van der Waals surface area contributed by atoms with E-state index in [2.05, 4.69) is 42.8 Å². The first kappa shape index (κ1) is 14.7. The van der Waals surface area contributed by atoms with E-state index in [0.717, 1.165) is 25.7 Å². The van der Waals surface area contributed by atoms with Gasteiger partial charge in [-0.2, -0.15) is 0 Å². The summed E-state index contributed by atoms with van der Waals surface area (Å²) in [5.74, 6) is 0.487. The zero-order valence-electron chi connectivity index (χ0n) is 11.7. The Morgan fingerprint density at radius 3 is 2.67 bits per heavy atom. The van der Waals surface area contributed by atoms with E-state index in [1.807, 2.05) is 0 Å². The minimum absolute atomic E-state index is 0.100. The van der Waals surface area contributed by atoms with Crippen LogP contribution in [0.5, 0.6) is 0 Å². The van der Waals surface area contributed by atoms with E-state index in [9.17, 15) is 4.79 Å². The maximum absolute atomic E-state index is 10.9. The van der Waals surface area contributed by atoms with Crippen LogP contribution < -0.4 is 0 Å². The van der Waals surface area contributed by atoms with Crippen LogP contribution >= 0.6 is 0 Å². The zero-order chi connectivity index (χ0) is 13.4. The molecule has 0 spiro atoms. The lowest BCUT2D eigenvalue weighted by molar-refractivity contribution is -0.140. The number of carbonyl (C=O) groups is 1. The number of hydrogen-bond acceptors (Lipinski definition) is 2. The first-order valence-corrected chi connectivity index (χ1v) is 6.79. The Morgan fingerprint density at radius 2 is 2.00 bits per heavy atom. The summed E-state index contributed by atoms with van der Waals surface area (Å²) in [6.07, 6.45) is 4.79. The average Bonchev–Trinajstić information content (AvgIpc) is 2.38. The van der Waals surface area contributed by atoms with Gasteiger partial charge in [0, 0.05) is 6.42 Å². The van der Waals surface area contributed by atoms with Crippen LogP contribution in [0.2, 0.25) is 0 Å². The Balaban J connectivity index is 2.27. The summed E-state index contributed by atoms with van der Waals surface area (Å²) in [5.41, 5.74) is 2.81. The highest BCUT2D eigenvalue weighted by atomic mass is 16.5. The van der Waals surface area contributed by atoms with Gasteiger partial charge in [0.05, 0.1) is 7.11 Å². The van der Waals surface area contributed by atoms with Gasteiger partial charge in [-0.15, -0.1) is 0 Å². The molecule has 1 aromatic rings. The van der Waals surface area contributed by atoms with Gasteiger partial charge in [-0.3, -0.25) is 4.79 Å². The molecule has 0 bridgehead atoms. The Bertz CT molecular complexity index is 369. The Hall–Kier alpha value is -1.31. The van der Waals surface area contributed by atoms with E-state index in [4.69, 9.17) is 0 Å². The Morgan fingerprint density at radius 1 is 1.22 bits per heavy atom. The summed E-state index contributed by atoms with van der Waals surface area (Å²) < 4.78 is 4.62. The molecule has 0 fully saturated rings. The number of unbranched alkanes of at least 4 members (excludes halogenated alkanes) is 2. The number of esters is 1. The van der Waals surface area contributed by atoms with Crippen LogP contribution in [0.1, 0.15) is 56.6 Å². The molecule has 0 amide bonds. The van der Waals surface area contributed by atoms with Crippen molar-refractivity contribution < 1.29 is 9.53 Å². The van der Waals surface area contributed by atoms with Crippen LogP contribution in [0.25, 0.3) is 0 Å². The van der Waals surface area contributed by atoms with Gasteiger partial charge in [-0.05, 0) is 36.3 Å². The first-order valence-electron chi connectivity index (χ1n) is 6.79. The third-order valence-electron chi connectivity index (χ3n) is 3.19. The van der Waals surface area contributed by atoms with Gasteiger partial charge in [-0.1, -0.05) is 44.5 Å². The molecule has 1 aromatic carbocycles. The molecule has 0 aliphatic heterocycles. The standard InChI is InChI=1S/C16H24O2/c1-13(2)15-10-7-9-14(12-15)8-5-4-6-11-16(17)18-3/h7,9-10,12-13H,4-6,8,11H2,1-3H3. The fraction of sp³-hybridized carbons (Fsp3) is 0.562. The maximum Gasteiger partial charge on any atom is 0.305 e. The molecular weight excluding hydrogens is 224 g/mol. The van der Waals surface area contributed by atoms with Crippen LogP contribution in [0.4, 0.5) is 0 Å². The van der Waals surface area contributed by atoms with Crippen LogP contribution in [-0.2, 0) is 16.0 Å². The van der Waals surface area contributed by atoms with Crippen molar-refractivity contribution in [1.82, 2.24) is 0 Å².